The molecule has 0 unspecified atom stereocenters. The van der Waals surface area contributed by atoms with Gasteiger partial charge in [0.15, 0.2) is 0 Å². The standard InChI is InChI=1S/C18H23NO4S/c1-12-6-7-13(2)18(10-12)24(20,21)19-14(3)16-11-15(22-4)8-9-17(16)23-5/h6-11,14,19H,1-5H3/t14-/m0/s1. The molecule has 0 aliphatic heterocycles. The smallest absolute Gasteiger partial charge is 0.241 e. The molecule has 130 valence electrons. The zero-order chi connectivity index (χ0) is 17.9. The van der Waals surface area contributed by atoms with Crippen LogP contribution in [0.2, 0.25) is 0 Å². The van der Waals surface area contributed by atoms with Crippen LogP contribution in [0.25, 0.3) is 0 Å². The number of benzene rings is 2. The van der Waals surface area contributed by atoms with Gasteiger partial charge < -0.3 is 9.47 Å². The number of methoxy groups -OCH3 is 2. The summed E-state index contributed by atoms with van der Waals surface area (Å²) in [6.45, 7) is 5.43. The van der Waals surface area contributed by atoms with Gasteiger partial charge in [0.2, 0.25) is 10.0 Å². The second-order valence-corrected chi connectivity index (χ2v) is 7.40. The Kier molecular flexibility index (Phi) is 5.51. The lowest BCUT2D eigenvalue weighted by Crippen LogP contribution is -2.27. The largest absolute Gasteiger partial charge is 0.497 e. The number of aryl methyl sites for hydroxylation is 2. The average molecular weight is 349 g/mol. The van der Waals surface area contributed by atoms with E-state index in [-0.39, 0.29) is 4.90 Å². The zero-order valence-electron chi connectivity index (χ0n) is 14.6. The molecule has 0 saturated carbocycles. The maximum Gasteiger partial charge on any atom is 0.241 e. The molecule has 1 N–H and O–H groups in total. The fourth-order valence-electron chi connectivity index (χ4n) is 2.53. The lowest BCUT2D eigenvalue weighted by molar-refractivity contribution is 0.395. The molecule has 2 aromatic rings. The van der Waals surface area contributed by atoms with Gasteiger partial charge in [0, 0.05) is 11.6 Å². The van der Waals surface area contributed by atoms with Gasteiger partial charge >= 0.3 is 0 Å². The molecular formula is C18H23NO4S. The van der Waals surface area contributed by atoms with Gasteiger partial charge in [-0.2, -0.15) is 0 Å². The van der Waals surface area contributed by atoms with E-state index < -0.39 is 16.1 Å². The van der Waals surface area contributed by atoms with Crippen LogP contribution in [0.15, 0.2) is 41.3 Å². The van der Waals surface area contributed by atoms with Gasteiger partial charge in [-0.05, 0) is 56.2 Å². The minimum atomic E-state index is -3.65. The van der Waals surface area contributed by atoms with Crippen molar-refractivity contribution < 1.29 is 17.9 Å². The molecular weight excluding hydrogens is 326 g/mol. The van der Waals surface area contributed by atoms with Crippen molar-refractivity contribution >= 4 is 10.0 Å². The molecule has 0 aromatic heterocycles. The van der Waals surface area contributed by atoms with Gasteiger partial charge in [0.25, 0.3) is 0 Å². The van der Waals surface area contributed by atoms with Crippen molar-refractivity contribution in [2.45, 2.75) is 31.7 Å². The summed E-state index contributed by atoms with van der Waals surface area (Å²) in [5.74, 6) is 1.25. The van der Waals surface area contributed by atoms with Gasteiger partial charge in [-0.25, -0.2) is 13.1 Å². The maximum absolute atomic E-state index is 12.8. The SMILES string of the molecule is COc1ccc(OC)c([C@H](C)NS(=O)(=O)c2cc(C)ccc2C)c1. The molecule has 24 heavy (non-hydrogen) atoms. The lowest BCUT2D eigenvalue weighted by atomic mass is 10.1. The summed E-state index contributed by atoms with van der Waals surface area (Å²) in [5.41, 5.74) is 2.32. The number of hydrogen-bond acceptors (Lipinski definition) is 4. The molecule has 0 aliphatic carbocycles. The van der Waals surface area contributed by atoms with E-state index in [0.717, 1.165) is 5.56 Å². The van der Waals surface area contributed by atoms with Crippen molar-refractivity contribution in [1.29, 1.82) is 0 Å². The average Bonchev–Trinajstić information content (AvgIpc) is 2.55. The number of sulfonamides is 1. The Hall–Kier alpha value is -2.05. The Morgan fingerprint density at radius 1 is 1.00 bits per heavy atom. The van der Waals surface area contributed by atoms with Crippen LogP contribution < -0.4 is 14.2 Å². The Morgan fingerprint density at radius 2 is 1.71 bits per heavy atom. The molecule has 0 aliphatic rings. The summed E-state index contributed by atoms with van der Waals surface area (Å²) in [7, 11) is -0.533. The number of ether oxygens (including phenoxy) is 2. The first kappa shape index (κ1) is 18.3. The lowest BCUT2D eigenvalue weighted by Gasteiger charge is -2.19. The monoisotopic (exact) mass is 349 g/mol. The van der Waals surface area contributed by atoms with E-state index in [1.54, 1.807) is 58.4 Å². The highest BCUT2D eigenvalue weighted by molar-refractivity contribution is 7.89. The third kappa shape index (κ3) is 3.88. The first-order valence-electron chi connectivity index (χ1n) is 7.60. The van der Waals surface area contributed by atoms with E-state index in [1.807, 2.05) is 13.0 Å². The predicted octanol–water partition coefficient (Wildman–Crippen LogP) is 3.36. The highest BCUT2D eigenvalue weighted by Gasteiger charge is 2.22. The van der Waals surface area contributed by atoms with Crippen LogP contribution in [0.3, 0.4) is 0 Å². The first-order chi connectivity index (χ1) is 11.3. The van der Waals surface area contributed by atoms with Crippen molar-refractivity contribution in [3.63, 3.8) is 0 Å². The minimum Gasteiger partial charge on any atom is -0.497 e. The Morgan fingerprint density at radius 3 is 2.33 bits per heavy atom. The Bertz CT molecular complexity index is 831. The molecule has 6 heteroatoms. The van der Waals surface area contributed by atoms with Crippen LogP contribution in [0.1, 0.15) is 29.7 Å². The molecule has 2 rings (SSSR count). The highest BCUT2D eigenvalue weighted by atomic mass is 32.2. The van der Waals surface area contributed by atoms with E-state index in [2.05, 4.69) is 4.72 Å². The van der Waals surface area contributed by atoms with Gasteiger partial charge in [-0.1, -0.05) is 12.1 Å². The molecule has 1 atom stereocenters. The molecule has 0 heterocycles. The molecule has 0 spiro atoms. The molecule has 2 aromatic carbocycles. The number of nitrogens with one attached hydrogen (secondary N) is 1. The van der Waals surface area contributed by atoms with Crippen LogP contribution in [-0.4, -0.2) is 22.6 Å². The van der Waals surface area contributed by atoms with Crippen molar-refractivity contribution in [2.75, 3.05) is 14.2 Å². The quantitative estimate of drug-likeness (QED) is 0.868. The molecule has 0 fully saturated rings. The second kappa shape index (κ2) is 7.23. The van der Waals surface area contributed by atoms with E-state index in [9.17, 15) is 8.42 Å². The molecule has 0 radical (unpaired) electrons. The predicted molar refractivity (Wildman–Crippen MR) is 94.2 cm³/mol. The van der Waals surface area contributed by atoms with Crippen molar-refractivity contribution in [3.8, 4) is 11.5 Å². The Labute approximate surface area is 143 Å². The van der Waals surface area contributed by atoms with Crippen LogP contribution in [-0.2, 0) is 10.0 Å². The molecule has 0 bridgehead atoms. The Balaban J connectivity index is 2.38. The minimum absolute atomic E-state index is 0.288. The number of rotatable bonds is 6. The molecule has 5 nitrogen and oxygen atoms in total. The van der Waals surface area contributed by atoms with E-state index >= 15 is 0 Å². The van der Waals surface area contributed by atoms with Gasteiger partial charge in [-0.3, -0.25) is 0 Å². The van der Waals surface area contributed by atoms with Gasteiger partial charge in [0.1, 0.15) is 11.5 Å². The summed E-state index contributed by atoms with van der Waals surface area (Å²) in [4.78, 5) is 0.288. The highest BCUT2D eigenvalue weighted by Crippen LogP contribution is 2.30. The summed E-state index contributed by atoms with van der Waals surface area (Å²) < 4.78 is 38.8. The number of hydrogen-bond donors (Lipinski definition) is 1. The summed E-state index contributed by atoms with van der Waals surface area (Å²) in [5, 5.41) is 0. The summed E-state index contributed by atoms with van der Waals surface area (Å²) in [6.07, 6.45) is 0. The van der Waals surface area contributed by atoms with Crippen LogP contribution >= 0.6 is 0 Å². The van der Waals surface area contributed by atoms with Crippen LogP contribution in [0.4, 0.5) is 0 Å². The summed E-state index contributed by atoms with van der Waals surface area (Å²) in [6, 6.07) is 10.2. The van der Waals surface area contributed by atoms with Crippen LogP contribution in [0, 0.1) is 13.8 Å². The second-order valence-electron chi connectivity index (χ2n) is 5.72. The fourth-order valence-corrected chi connectivity index (χ4v) is 4.09. The van der Waals surface area contributed by atoms with E-state index in [1.165, 1.54) is 0 Å². The summed E-state index contributed by atoms with van der Waals surface area (Å²) >= 11 is 0. The zero-order valence-corrected chi connectivity index (χ0v) is 15.4. The van der Waals surface area contributed by atoms with E-state index in [4.69, 9.17) is 9.47 Å². The first-order valence-corrected chi connectivity index (χ1v) is 9.08. The van der Waals surface area contributed by atoms with Crippen molar-refractivity contribution in [2.24, 2.45) is 0 Å². The fraction of sp³-hybridized carbons (Fsp3) is 0.333. The maximum atomic E-state index is 12.8. The topological polar surface area (TPSA) is 64.6 Å². The van der Waals surface area contributed by atoms with Gasteiger partial charge in [0.05, 0.1) is 19.1 Å². The third-order valence-electron chi connectivity index (χ3n) is 3.87. The van der Waals surface area contributed by atoms with Crippen molar-refractivity contribution in [1.82, 2.24) is 4.72 Å². The normalized spacial score (nSPS) is 12.7. The van der Waals surface area contributed by atoms with Gasteiger partial charge in [-0.15, -0.1) is 0 Å². The molecule has 0 saturated heterocycles. The molecule has 0 amide bonds. The van der Waals surface area contributed by atoms with Crippen LogP contribution in [0.5, 0.6) is 11.5 Å². The third-order valence-corrected chi connectivity index (χ3v) is 5.55. The van der Waals surface area contributed by atoms with E-state index in [0.29, 0.717) is 22.6 Å². The van der Waals surface area contributed by atoms with Crippen molar-refractivity contribution in [3.05, 3.63) is 53.1 Å².